The number of rotatable bonds is 5. The molecule has 0 aliphatic heterocycles. The third-order valence-corrected chi connectivity index (χ3v) is 2.34. The number of aliphatic hydroxyl groups excluding tert-OH is 1. The summed E-state index contributed by atoms with van der Waals surface area (Å²) in [6.07, 6.45) is 0.622. The number of hydrogen-bond donors (Lipinski definition) is 2. The van der Waals surface area contributed by atoms with Crippen LogP contribution in [0.4, 0.5) is 4.39 Å². The van der Waals surface area contributed by atoms with E-state index in [2.05, 4.69) is 5.32 Å². The third-order valence-electron chi connectivity index (χ3n) is 2.34. The van der Waals surface area contributed by atoms with Crippen LogP contribution < -0.4 is 5.32 Å². The maximum atomic E-state index is 12.7. The Morgan fingerprint density at radius 1 is 1.44 bits per heavy atom. The molecule has 0 bridgehead atoms. The number of benzene rings is 1. The molecule has 3 nitrogen and oxygen atoms in total. The van der Waals surface area contributed by atoms with Crippen LogP contribution in [0.2, 0.25) is 0 Å². The Morgan fingerprint density at radius 3 is 2.56 bits per heavy atom. The average Bonchev–Trinajstić information content (AvgIpc) is 2.26. The number of carbonyl (C=O) groups excluding carboxylic acids is 1. The highest BCUT2D eigenvalue weighted by Gasteiger charge is 2.09. The lowest BCUT2D eigenvalue weighted by Gasteiger charge is -2.14. The summed E-state index contributed by atoms with van der Waals surface area (Å²) >= 11 is 0. The molecule has 16 heavy (non-hydrogen) atoms. The molecule has 1 amide bonds. The van der Waals surface area contributed by atoms with Gasteiger partial charge in [-0.15, -0.1) is 0 Å². The van der Waals surface area contributed by atoms with Crippen LogP contribution in [-0.2, 0) is 11.2 Å². The molecule has 0 aliphatic carbocycles. The minimum Gasteiger partial charge on any atom is -0.396 e. The molecule has 0 saturated heterocycles. The molecule has 0 spiro atoms. The first kappa shape index (κ1) is 12.6. The quantitative estimate of drug-likeness (QED) is 0.788. The van der Waals surface area contributed by atoms with Crippen molar-refractivity contribution in [2.75, 3.05) is 13.2 Å². The Kier molecular flexibility index (Phi) is 4.92. The van der Waals surface area contributed by atoms with Crippen molar-refractivity contribution in [1.29, 1.82) is 0 Å². The molecule has 0 radical (unpaired) electrons. The van der Waals surface area contributed by atoms with Gasteiger partial charge in [0.15, 0.2) is 0 Å². The van der Waals surface area contributed by atoms with Gasteiger partial charge in [-0.1, -0.05) is 12.1 Å². The summed E-state index contributed by atoms with van der Waals surface area (Å²) in [6, 6.07) is 6.15. The molecule has 1 aromatic rings. The predicted molar refractivity (Wildman–Crippen MR) is 59.4 cm³/mol. The molecular formula is C12H16FNO2. The van der Waals surface area contributed by atoms with Gasteiger partial charge < -0.3 is 10.4 Å². The number of nitrogens with one attached hydrogen (secondary N) is 1. The zero-order valence-corrected chi connectivity index (χ0v) is 9.24. The van der Waals surface area contributed by atoms with Crippen molar-refractivity contribution in [3.05, 3.63) is 35.6 Å². The van der Waals surface area contributed by atoms with Crippen LogP contribution in [0.1, 0.15) is 12.5 Å². The summed E-state index contributed by atoms with van der Waals surface area (Å²) < 4.78 is 12.7. The Labute approximate surface area is 94.3 Å². The van der Waals surface area contributed by atoms with Gasteiger partial charge in [0.25, 0.3) is 0 Å². The fourth-order valence-corrected chi connectivity index (χ4v) is 1.44. The molecular weight excluding hydrogens is 209 g/mol. The first-order valence-electron chi connectivity index (χ1n) is 5.21. The van der Waals surface area contributed by atoms with Gasteiger partial charge >= 0.3 is 0 Å². The van der Waals surface area contributed by atoms with Crippen LogP contribution in [0.5, 0.6) is 0 Å². The molecule has 0 heterocycles. The highest BCUT2D eigenvalue weighted by atomic mass is 19.1. The van der Waals surface area contributed by atoms with Crippen LogP contribution in [0.15, 0.2) is 24.3 Å². The number of carbonyl (C=O) groups is 1. The van der Waals surface area contributed by atoms with E-state index in [0.29, 0.717) is 13.0 Å². The zero-order valence-electron chi connectivity index (χ0n) is 9.24. The predicted octanol–water partition coefficient (Wildman–Crippen LogP) is 1.11. The lowest BCUT2D eigenvalue weighted by atomic mass is 10.00. The fourth-order valence-electron chi connectivity index (χ4n) is 1.44. The van der Waals surface area contributed by atoms with E-state index in [-0.39, 0.29) is 24.2 Å². The standard InChI is InChI=1S/C12H16FNO2/c1-9(16)14-7-11(8-15)6-10-2-4-12(13)5-3-10/h2-5,11,15H,6-8H2,1H3,(H,14,16). The largest absolute Gasteiger partial charge is 0.396 e. The third kappa shape index (κ3) is 4.40. The lowest BCUT2D eigenvalue weighted by molar-refractivity contribution is -0.119. The Hall–Kier alpha value is -1.42. The first-order chi connectivity index (χ1) is 7.61. The Bertz CT molecular complexity index is 337. The van der Waals surface area contributed by atoms with Crippen LogP contribution in [0, 0.1) is 11.7 Å². The number of halogens is 1. The monoisotopic (exact) mass is 225 g/mol. The van der Waals surface area contributed by atoms with Crippen molar-refractivity contribution in [2.24, 2.45) is 5.92 Å². The SMILES string of the molecule is CC(=O)NCC(CO)Cc1ccc(F)cc1. The minimum atomic E-state index is -0.272. The molecule has 1 rings (SSSR count). The average molecular weight is 225 g/mol. The molecule has 1 unspecified atom stereocenters. The molecule has 0 saturated carbocycles. The second-order valence-electron chi connectivity index (χ2n) is 3.82. The Morgan fingerprint density at radius 2 is 2.06 bits per heavy atom. The Balaban J connectivity index is 2.49. The molecule has 4 heteroatoms. The molecule has 0 aromatic heterocycles. The van der Waals surface area contributed by atoms with E-state index in [1.54, 1.807) is 12.1 Å². The smallest absolute Gasteiger partial charge is 0.216 e. The molecule has 2 N–H and O–H groups in total. The topological polar surface area (TPSA) is 49.3 Å². The summed E-state index contributed by atoms with van der Waals surface area (Å²) in [6.45, 7) is 1.87. The second-order valence-corrected chi connectivity index (χ2v) is 3.82. The summed E-state index contributed by atoms with van der Waals surface area (Å²) in [5.41, 5.74) is 0.950. The van der Waals surface area contributed by atoms with Gasteiger partial charge in [-0.2, -0.15) is 0 Å². The first-order valence-corrected chi connectivity index (χ1v) is 5.21. The van der Waals surface area contributed by atoms with Crippen molar-refractivity contribution in [3.8, 4) is 0 Å². The van der Waals surface area contributed by atoms with E-state index in [1.807, 2.05) is 0 Å². The highest BCUT2D eigenvalue weighted by molar-refractivity contribution is 5.72. The van der Waals surface area contributed by atoms with E-state index >= 15 is 0 Å². The minimum absolute atomic E-state index is 0.00232. The summed E-state index contributed by atoms with van der Waals surface area (Å²) in [7, 11) is 0. The molecule has 1 aromatic carbocycles. The van der Waals surface area contributed by atoms with Gasteiger partial charge in [-0.05, 0) is 24.1 Å². The normalized spacial score (nSPS) is 12.2. The van der Waals surface area contributed by atoms with E-state index in [1.165, 1.54) is 19.1 Å². The van der Waals surface area contributed by atoms with Gasteiger partial charge in [0.1, 0.15) is 5.82 Å². The molecule has 0 fully saturated rings. The molecule has 88 valence electrons. The van der Waals surface area contributed by atoms with Crippen molar-refractivity contribution in [1.82, 2.24) is 5.32 Å². The molecule has 0 aliphatic rings. The molecule has 1 atom stereocenters. The van der Waals surface area contributed by atoms with Crippen LogP contribution >= 0.6 is 0 Å². The summed E-state index contributed by atoms with van der Waals surface area (Å²) in [5, 5.41) is 11.8. The van der Waals surface area contributed by atoms with Crippen molar-refractivity contribution in [3.63, 3.8) is 0 Å². The van der Waals surface area contributed by atoms with E-state index in [4.69, 9.17) is 5.11 Å². The number of amides is 1. The van der Waals surface area contributed by atoms with Gasteiger partial charge in [0.05, 0.1) is 0 Å². The van der Waals surface area contributed by atoms with E-state index in [0.717, 1.165) is 5.56 Å². The van der Waals surface area contributed by atoms with Gasteiger partial charge in [0.2, 0.25) is 5.91 Å². The lowest BCUT2D eigenvalue weighted by Crippen LogP contribution is -2.30. The number of aliphatic hydroxyl groups is 1. The van der Waals surface area contributed by atoms with Crippen molar-refractivity contribution < 1.29 is 14.3 Å². The fraction of sp³-hybridized carbons (Fsp3) is 0.417. The van der Waals surface area contributed by atoms with Crippen molar-refractivity contribution >= 4 is 5.91 Å². The van der Waals surface area contributed by atoms with Gasteiger partial charge in [-0.3, -0.25) is 4.79 Å². The van der Waals surface area contributed by atoms with E-state index < -0.39 is 0 Å². The summed E-state index contributed by atoms with van der Waals surface area (Å²) in [5.74, 6) is -0.418. The maximum Gasteiger partial charge on any atom is 0.216 e. The number of hydrogen-bond acceptors (Lipinski definition) is 2. The van der Waals surface area contributed by atoms with Crippen LogP contribution in [0.3, 0.4) is 0 Å². The zero-order chi connectivity index (χ0) is 12.0. The summed E-state index contributed by atoms with van der Waals surface area (Å²) in [4.78, 5) is 10.7. The van der Waals surface area contributed by atoms with Gasteiger partial charge in [-0.25, -0.2) is 4.39 Å². The van der Waals surface area contributed by atoms with Gasteiger partial charge in [0, 0.05) is 26.0 Å². The highest BCUT2D eigenvalue weighted by Crippen LogP contribution is 2.09. The van der Waals surface area contributed by atoms with Crippen molar-refractivity contribution in [2.45, 2.75) is 13.3 Å². The maximum absolute atomic E-state index is 12.7. The van der Waals surface area contributed by atoms with E-state index in [9.17, 15) is 9.18 Å². The second kappa shape index (κ2) is 6.23. The van der Waals surface area contributed by atoms with Crippen LogP contribution in [0.25, 0.3) is 0 Å². The van der Waals surface area contributed by atoms with Crippen LogP contribution in [-0.4, -0.2) is 24.2 Å².